The predicted octanol–water partition coefficient (Wildman–Crippen LogP) is 2.57. The minimum absolute atomic E-state index is 0.0559. The first-order valence-electron chi connectivity index (χ1n) is 7.02. The second-order valence-corrected chi connectivity index (χ2v) is 8.56. The zero-order valence-electron chi connectivity index (χ0n) is 11.9. The fraction of sp³-hybridized carbons (Fsp3) is 0.333. The van der Waals surface area contributed by atoms with Crippen molar-refractivity contribution >= 4 is 32.8 Å². The molecule has 0 bridgehead atoms. The Bertz CT molecular complexity index is 753. The Hall–Kier alpha value is -1.73. The van der Waals surface area contributed by atoms with Crippen LogP contribution in [0.15, 0.2) is 35.8 Å². The Balaban J connectivity index is 1.58. The molecule has 0 unspecified atom stereocenters. The van der Waals surface area contributed by atoms with E-state index in [-0.39, 0.29) is 29.8 Å². The molecule has 1 amide bonds. The number of benzene rings is 1. The van der Waals surface area contributed by atoms with Crippen molar-refractivity contribution < 1.29 is 13.2 Å². The zero-order chi connectivity index (χ0) is 15.6. The molecule has 1 aliphatic heterocycles. The molecule has 1 N–H and O–H groups in total. The number of carbonyl (C=O) groups excluding carboxylic acids is 1. The van der Waals surface area contributed by atoms with E-state index >= 15 is 0 Å². The quantitative estimate of drug-likeness (QED) is 0.931. The molecule has 2 aromatic rings. The Kier molecular flexibility index (Phi) is 4.26. The monoisotopic (exact) mass is 336 g/mol. The van der Waals surface area contributed by atoms with Crippen LogP contribution in [0.1, 0.15) is 12.8 Å². The van der Waals surface area contributed by atoms with Crippen molar-refractivity contribution in [1.82, 2.24) is 4.98 Å². The molecular weight excluding hydrogens is 320 g/mol. The number of hydrogen-bond donors (Lipinski definition) is 1. The first-order valence-corrected chi connectivity index (χ1v) is 9.72. The lowest BCUT2D eigenvalue weighted by Gasteiger charge is -2.09. The van der Waals surface area contributed by atoms with Crippen LogP contribution in [-0.4, -0.2) is 30.8 Å². The minimum Gasteiger partial charge on any atom is -0.326 e. The molecule has 1 aliphatic rings. The van der Waals surface area contributed by atoms with Gasteiger partial charge in [0.15, 0.2) is 9.84 Å². The highest BCUT2D eigenvalue weighted by Crippen LogP contribution is 2.24. The third-order valence-electron chi connectivity index (χ3n) is 3.65. The molecule has 0 radical (unpaired) electrons. The summed E-state index contributed by atoms with van der Waals surface area (Å²) in [6, 6.07) is 7.49. The number of aromatic nitrogens is 1. The molecule has 7 heteroatoms. The third kappa shape index (κ3) is 3.72. The van der Waals surface area contributed by atoms with Gasteiger partial charge in [-0.3, -0.25) is 4.79 Å². The van der Waals surface area contributed by atoms with Crippen LogP contribution in [0.25, 0.3) is 10.6 Å². The number of hydrogen-bond acceptors (Lipinski definition) is 5. The fourth-order valence-electron chi connectivity index (χ4n) is 2.57. The lowest BCUT2D eigenvalue weighted by atomic mass is 10.0. The van der Waals surface area contributed by atoms with Crippen molar-refractivity contribution in [2.45, 2.75) is 12.8 Å². The summed E-state index contributed by atoms with van der Waals surface area (Å²) in [6.07, 6.45) is 2.59. The summed E-state index contributed by atoms with van der Waals surface area (Å²) >= 11 is 1.56. The van der Waals surface area contributed by atoms with Crippen LogP contribution in [0.5, 0.6) is 0 Å². The van der Waals surface area contributed by atoms with Crippen LogP contribution in [0.2, 0.25) is 0 Å². The molecular formula is C15H16N2O3S2. The Morgan fingerprint density at radius 2 is 2.09 bits per heavy atom. The molecule has 0 saturated carbocycles. The maximum atomic E-state index is 12.0. The van der Waals surface area contributed by atoms with Gasteiger partial charge in [-0.15, -0.1) is 11.3 Å². The topological polar surface area (TPSA) is 76.1 Å². The number of nitrogens with zero attached hydrogens (tertiary/aromatic N) is 1. The highest BCUT2D eigenvalue weighted by atomic mass is 32.2. The standard InChI is InChI=1S/C15H16N2O3S2/c18-14(9-11-5-8-22(19,20)10-11)17-13-3-1-12(2-4-13)15-16-6-7-21-15/h1-4,6-7,11H,5,8-10H2,(H,17,18)/t11-/m0/s1. The number of nitrogens with one attached hydrogen (secondary N) is 1. The Morgan fingerprint density at radius 3 is 2.68 bits per heavy atom. The molecule has 3 rings (SSSR count). The summed E-state index contributed by atoms with van der Waals surface area (Å²) in [7, 11) is -2.93. The molecule has 22 heavy (non-hydrogen) atoms. The van der Waals surface area contributed by atoms with Crippen molar-refractivity contribution in [2.24, 2.45) is 5.92 Å². The van der Waals surface area contributed by atoms with E-state index in [4.69, 9.17) is 0 Å². The van der Waals surface area contributed by atoms with Crippen molar-refractivity contribution in [2.75, 3.05) is 16.8 Å². The van der Waals surface area contributed by atoms with Gasteiger partial charge in [0.25, 0.3) is 0 Å². The van der Waals surface area contributed by atoms with E-state index in [0.717, 1.165) is 10.6 Å². The SMILES string of the molecule is O=C(C[C@@H]1CCS(=O)(=O)C1)Nc1ccc(-c2nccs2)cc1. The molecule has 5 nitrogen and oxygen atoms in total. The van der Waals surface area contributed by atoms with E-state index in [9.17, 15) is 13.2 Å². The summed E-state index contributed by atoms with van der Waals surface area (Å²) in [5.74, 6) is 0.139. The van der Waals surface area contributed by atoms with E-state index in [1.54, 1.807) is 17.5 Å². The van der Waals surface area contributed by atoms with Gasteiger partial charge >= 0.3 is 0 Å². The van der Waals surface area contributed by atoms with Gasteiger partial charge in [-0.05, 0) is 36.6 Å². The molecule has 116 valence electrons. The van der Waals surface area contributed by atoms with Gasteiger partial charge < -0.3 is 5.32 Å². The molecule has 1 saturated heterocycles. The van der Waals surface area contributed by atoms with E-state index < -0.39 is 9.84 Å². The van der Waals surface area contributed by atoms with E-state index in [2.05, 4.69) is 10.3 Å². The lowest BCUT2D eigenvalue weighted by molar-refractivity contribution is -0.116. The van der Waals surface area contributed by atoms with E-state index in [1.165, 1.54) is 0 Å². The number of anilines is 1. The Morgan fingerprint density at radius 1 is 1.32 bits per heavy atom. The van der Waals surface area contributed by atoms with Crippen molar-refractivity contribution in [3.05, 3.63) is 35.8 Å². The molecule has 2 heterocycles. The van der Waals surface area contributed by atoms with Gasteiger partial charge in [0.1, 0.15) is 5.01 Å². The zero-order valence-corrected chi connectivity index (χ0v) is 13.5. The smallest absolute Gasteiger partial charge is 0.224 e. The molecule has 0 aliphatic carbocycles. The van der Waals surface area contributed by atoms with Crippen molar-refractivity contribution in [3.8, 4) is 10.6 Å². The van der Waals surface area contributed by atoms with Crippen LogP contribution in [0.4, 0.5) is 5.69 Å². The summed E-state index contributed by atoms with van der Waals surface area (Å²) in [5.41, 5.74) is 1.72. The van der Waals surface area contributed by atoms with E-state index in [0.29, 0.717) is 12.1 Å². The van der Waals surface area contributed by atoms with Gasteiger partial charge in [0.2, 0.25) is 5.91 Å². The highest BCUT2D eigenvalue weighted by Gasteiger charge is 2.29. The summed E-state index contributed by atoms with van der Waals surface area (Å²) in [4.78, 5) is 16.2. The first-order chi connectivity index (χ1) is 10.5. The summed E-state index contributed by atoms with van der Waals surface area (Å²) in [6.45, 7) is 0. The first kappa shape index (κ1) is 15.2. The summed E-state index contributed by atoms with van der Waals surface area (Å²) in [5, 5.41) is 5.67. The molecule has 1 aromatic heterocycles. The third-order valence-corrected chi connectivity index (χ3v) is 6.31. The Labute approximate surface area is 133 Å². The van der Waals surface area contributed by atoms with Crippen LogP contribution in [0.3, 0.4) is 0 Å². The normalized spacial score (nSPS) is 19.9. The number of thiazole rings is 1. The fourth-order valence-corrected chi connectivity index (χ4v) is 5.08. The van der Waals surface area contributed by atoms with Gasteiger partial charge in [-0.25, -0.2) is 13.4 Å². The van der Waals surface area contributed by atoms with Crippen LogP contribution < -0.4 is 5.32 Å². The lowest BCUT2D eigenvalue weighted by Crippen LogP contribution is -2.17. The second kappa shape index (κ2) is 6.18. The van der Waals surface area contributed by atoms with Gasteiger partial charge in [-0.2, -0.15) is 0 Å². The average molecular weight is 336 g/mol. The summed E-state index contributed by atoms with van der Waals surface area (Å²) < 4.78 is 22.8. The van der Waals surface area contributed by atoms with Crippen molar-refractivity contribution in [3.63, 3.8) is 0 Å². The number of rotatable bonds is 4. The predicted molar refractivity (Wildman–Crippen MR) is 87.6 cm³/mol. The van der Waals surface area contributed by atoms with Crippen LogP contribution in [0, 0.1) is 5.92 Å². The van der Waals surface area contributed by atoms with Crippen molar-refractivity contribution in [1.29, 1.82) is 0 Å². The number of sulfone groups is 1. The molecule has 0 spiro atoms. The number of carbonyl (C=O) groups is 1. The van der Waals surface area contributed by atoms with Gasteiger partial charge in [-0.1, -0.05) is 0 Å². The number of amides is 1. The second-order valence-electron chi connectivity index (χ2n) is 5.44. The van der Waals surface area contributed by atoms with Gasteiger partial charge in [0.05, 0.1) is 11.5 Å². The average Bonchev–Trinajstić information content (AvgIpc) is 3.09. The van der Waals surface area contributed by atoms with Gasteiger partial charge in [0, 0.05) is 29.2 Å². The van der Waals surface area contributed by atoms with E-state index in [1.807, 2.05) is 29.6 Å². The highest BCUT2D eigenvalue weighted by molar-refractivity contribution is 7.91. The largest absolute Gasteiger partial charge is 0.326 e. The maximum absolute atomic E-state index is 12.0. The molecule has 1 aromatic carbocycles. The minimum atomic E-state index is -2.93. The van der Waals surface area contributed by atoms with Crippen LogP contribution in [-0.2, 0) is 14.6 Å². The molecule has 1 fully saturated rings. The molecule has 1 atom stereocenters. The maximum Gasteiger partial charge on any atom is 0.224 e. The van der Waals surface area contributed by atoms with Crippen LogP contribution >= 0.6 is 11.3 Å².